The molecule has 1 aromatic heterocycles. The largest absolute Gasteiger partial charge is 0.384 e. The van der Waals surface area contributed by atoms with Gasteiger partial charge in [0.25, 0.3) is 0 Å². The second kappa shape index (κ2) is 4.98. The van der Waals surface area contributed by atoms with E-state index < -0.39 is 0 Å². The molecule has 4 nitrogen and oxygen atoms in total. The molecule has 0 amide bonds. The van der Waals surface area contributed by atoms with Crippen LogP contribution in [0.25, 0.3) is 0 Å². The lowest BCUT2D eigenvalue weighted by Gasteiger charge is -2.07. The molecule has 3 rings (SSSR count). The average Bonchev–Trinajstić information content (AvgIpc) is 2.94. The predicted octanol–water partition coefficient (Wildman–Crippen LogP) is 2.65. The zero-order chi connectivity index (χ0) is 14.3. The van der Waals surface area contributed by atoms with Crippen molar-refractivity contribution in [3.63, 3.8) is 0 Å². The molecule has 1 aliphatic rings. The van der Waals surface area contributed by atoms with Gasteiger partial charge in [0.05, 0.1) is 11.3 Å². The van der Waals surface area contributed by atoms with Crippen LogP contribution in [0.15, 0.2) is 28.1 Å². The second-order valence-electron chi connectivity index (χ2n) is 5.19. The summed E-state index contributed by atoms with van der Waals surface area (Å²) in [6.07, 6.45) is 3.63. The van der Waals surface area contributed by atoms with Gasteiger partial charge >= 0.3 is 0 Å². The average molecular weight is 286 g/mol. The van der Waals surface area contributed by atoms with Gasteiger partial charge in [-0.05, 0) is 49.4 Å². The molecule has 5 heteroatoms. The van der Waals surface area contributed by atoms with Crippen molar-refractivity contribution in [2.75, 3.05) is 0 Å². The van der Waals surface area contributed by atoms with Gasteiger partial charge in [-0.1, -0.05) is 17.8 Å². The van der Waals surface area contributed by atoms with E-state index >= 15 is 0 Å². The highest BCUT2D eigenvalue weighted by atomic mass is 32.2. The van der Waals surface area contributed by atoms with Crippen LogP contribution in [0.2, 0.25) is 0 Å². The van der Waals surface area contributed by atoms with Crippen LogP contribution in [0.4, 0.5) is 0 Å². The Labute approximate surface area is 122 Å². The van der Waals surface area contributed by atoms with Crippen LogP contribution in [0, 0.1) is 12.3 Å². The summed E-state index contributed by atoms with van der Waals surface area (Å²) in [5, 5.41) is 13.0. The van der Waals surface area contributed by atoms with E-state index in [0.717, 1.165) is 16.3 Å². The zero-order valence-electron chi connectivity index (χ0n) is 11.7. The Morgan fingerprint density at radius 3 is 2.85 bits per heavy atom. The Morgan fingerprint density at radius 1 is 1.35 bits per heavy atom. The maximum atomic E-state index is 7.73. The normalized spacial score (nSPS) is 13.5. The molecule has 1 heterocycles. The molecule has 0 atom stereocenters. The SMILES string of the molecule is Cc1nn(C)c(Sc2ccc3c(c2)CCC3)c1C(=N)N. The van der Waals surface area contributed by atoms with Crippen molar-refractivity contribution in [1.82, 2.24) is 9.78 Å². The molecule has 0 saturated heterocycles. The first-order valence-electron chi connectivity index (χ1n) is 6.74. The lowest BCUT2D eigenvalue weighted by molar-refractivity contribution is 0.692. The second-order valence-corrected chi connectivity index (χ2v) is 6.25. The number of fused-ring (bicyclic) bond motifs is 1. The number of benzene rings is 1. The molecule has 0 fully saturated rings. The number of hydrogen-bond donors (Lipinski definition) is 2. The topological polar surface area (TPSA) is 67.7 Å². The van der Waals surface area contributed by atoms with Crippen molar-refractivity contribution in [2.24, 2.45) is 12.8 Å². The molecule has 0 saturated carbocycles. The smallest absolute Gasteiger partial charge is 0.127 e. The summed E-state index contributed by atoms with van der Waals surface area (Å²) in [7, 11) is 1.90. The molecule has 1 aliphatic carbocycles. The van der Waals surface area contributed by atoms with Crippen molar-refractivity contribution in [3.05, 3.63) is 40.6 Å². The van der Waals surface area contributed by atoms with Gasteiger partial charge in [-0.2, -0.15) is 5.10 Å². The van der Waals surface area contributed by atoms with E-state index in [-0.39, 0.29) is 5.84 Å². The highest BCUT2D eigenvalue weighted by Crippen LogP contribution is 2.34. The lowest BCUT2D eigenvalue weighted by atomic mass is 10.1. The fourth-order valence-corrected chi connectivity index (χ4v) is 3.88. The Bertz CT molecular complexity index is 687. The number of rotatable bonds is 3. The molecule has 0 aliphatic heterocycles. The number of hydrogen-bond acceptors (Lipinski definition) is 3. The van der Waals surface area contributed by atoms with Crippen molar-refractivity contribution >= 4 is 17.6 Å². The number of aromatic nitrogens is 2. The standard InChI is InChI=1S/C15H18N4S/c1-9-13(14(16)17)15(19(2)18-9)20-12-7-6-10-4-3-5-11(10)8-12/h6-8H,3-5H2,1-2H3,(H3,16,17). The molecule has 20 heavy (non-hydrogen) atoms. The molecule has 0 bridgehead atoms. The highest BCUT2D eigenvalue weighted by molar-refractivity contribution is 7.99. The molecule has 0 spiro atoms. The molecule has 104 valence electrons. The van der Waals surface area contributed by atoms with E-state index in [9.17, 15) is 0 Å². The van der Waals surface area contributed by atoms with Gasteiger partial charge in [0.1, 0.15) is 10.9 Å². The summed E-state index contributed by atoms with van der Waals surface area (Å²) < 4.78 is 1.81. The van der Waals surface area contributed by atoms with E-state index in [0.29, 0.717) is 0 Å². The number of nitrogens with zero attached hydrogens (tertiary/aromatic N) is 2. The fraction of sp³-hybridized carbons (Fsp3) is 0.333. The minimum Gasteiger partial charge on any atom is -0.384 e. The molecule has 0 unspecified atom stereocenters. The number of nitrogen functional groups attached to an aromatic ring is 1. The van der Waals surface area contributed by atoms with Crippen LogP contribution >= 0.6 is 11.8 Å². The van der Waals surface area contributed by atoms with Crippen LogP contribution in [-0.2, 0) is 19.9 Å². The molecular weight excluding hydrogens is 268 g/mol. The van der Waals surface area contributed by atoms with Gasteiger partial charge in [0.2, 0.25) is 0 Å². The van der Waals surface area contributed by atoms with E-state index in [1.54, 1.807) is 11.8 Å². The Hall–Kier alpha value is -1.75. The molecule has 0 radical (unpaired) electrons. The van der Waals surface area contributed by atoms with Crippen LogP contribution in [0.1, 0.15) is 28.8 Å². The van der Waals surface area contributed by atoms with Crippen LogP contribution in [-0.4, -0.2) is 15.6 Å². The van der Waals surface area contributed by atoms with Gasteiger partial charge in [0.15, 0.2) is 0 Å². The third-order valence-corrected chi connectivity index (χ3v) is 4.87. The molecular formula is C15H18N4S. The van der Waals surface area contributed by atoms with E-state index in [2.05, 4.69) is 23.3 Å². The maximum Gasteiger partial charge on any atom is 0.127 e. The number of aryl methyl sites for hydroxylation is 4. The summed E-state index contributed by atoms with van der Waals surface area (Å²) in [6, 6.07) is 6.64. The third-order valence-electron chi connectivity index (χ3n) is 3.72. The van der Waals surface area contributed by atoms with Crippen LogP contribution in [0.5, 0.6) is 0 Å². The van der Waals surface area contributed by atoms with Gasteiger partial charge in [-0.3, -0.25) is 10.1 Å². The third kappa shape index (κ3) is 2.22. The summed E-state index contributed by atoms with van der Waals surface area (Å²) in [5.74, 6) is 0.0826. The van der Waals surface area contributed by atoms with Crippen LogP contribution in [0.3, 0.4) is 0 Å². The van der Waals surface area contributed by atoms with Crippen molar-refractivity contribution in [2.45, 2.75) is 36.1 Å². The highest BCUT2D eigenvalue weighted by Gasteiger charge is 2.18. The zero-order valence-corrected chi connectivity index (χ0v) is 12.5. The predicted molar refractivity (Wildman–Crippen MR) is 81.6 cm³/mol. The van der Waals surface area contributed by atoms with Gasteiger partial charge in [-0.15, -0.1) is 0 Å². The summed E-state index contributed by atoms with van der Waals surface area (Å²) in [6.45, 7) is 1.89. The van der Waals surface area contributed by atoms with Crippen molar-refractivity contribution in [1.29, 1.82) is 5.41 Å². The summed E-state index contributed by atoms with van der Waals surface area (Å²) in [4.78, 5) is 1.19. The maximum absolute atomic E-state index is 7.73. The van der Waals surface area contributed by atoms with Gasteiger partial charge in [-0.25, -0.2) is 0 Å². The Kier molecular flexibility index (Phi) is 3.30. The molecule has 3 N–H and O–H groups in total. The molecule has 2 aromatic rings. The molecule has 1 aromatic carbocycles. The monoisotopic (exact) mass is 286 g/mol. The van der Waals surface area contributed by atoms with E-state index in [1.165, 1.54) is 35.3 Å². The minimum absolute atomic E-state index is 0.0826. The van der Waals surface area contributed by atoms with Crippen molar-refractivity contribution in [3.8, 4) is 0 Å². The minimum atomic E-state index is 0.0826. The van der Waals surface area contributed by atoms with Gasteiger partial charge in [0, 0.05) is 11.9 Å². The van der Waals surface area contributed by atoms with Crippen molar-refractivity contribution < 1.29 is 0 Å². The van der Waals surface area contributed by atoms with Crippen LogP contribution < -0.4 is 5.73 Å². The number of amidine groups is 1. The Morgan fingerprint density at radius 2 is 2.10 bits per heavy atom. The summed E-state index contributed by atoms with van der Waals surface area (Å²) in [5.41, 5.74) is 10.2. The number of nitrogens with two attached hydrogens (primary N) is 1. The van der Waals surface area contributed by atoms with E-state index in [1.807, 2.05) is 18.7 Å². The lowest BCUT2D eigenvalue weighted by Crippen LogP contribution is -2.13. The summed E-state index contributed by atoms with van der Waals surface area (Å²) >= 11 is 1.64. The van der Waals surface area contributed by atoms with Gasteiger partial charge < -0.3 is 5.73 Å². The first-order valence-corrected chi connectivity index (χ1v) is 7.55. The fourth-order valence-electron chi connectivity index (χ4n) is 2.79. The van der Waals surface area contributed by atoms with E-state index in [4.69, 9.17) is 11.1 Å². The number of nitrogens with one attached hydrogen (secondary N) is 1. The quantitative estimate of drug-likeness (QED) is 0.673. The first kappa shape index (κ1) is 13.2. The Balaban J connectivity index is 1.97. The first-order chi connectivity index (χ1) is 9.56.